The van der Waals surface area contributed by atoms with Gasteiger partial charge in [0.1, 0.15) is 11.3 Å². The third kappa shape index (κ3) is 3.57. The van der Waals surface area contributed by atoms with Crippen molar-refractivity contribution >= 4 is 32.5 Å². The second-order valence-corrected chi connectivity index (χ2v) is 6.74. The van der Waals surface area contributed by atoms with Gasteiger partial charge in [-0.05, 0) is 24.6 Å². The fourth-order valence-electron chi connectivity index (χ4n) is 1.90. The third-order valence-corrected chi connectivity index (χ3v) is 4.38. The van der Waals surface area contributed by atoms with Crippen molar-refractivity contribution in [2.24, 2.45) is 0 Å². The molecule has 108 valence electrons. The monoisotopic (exact) mass is 296 g/mol. The van der Waals surface area contributed by atoms with E-state index in [0.29, 0.717) is 29.1 Å². The minimum Gasteiger partial charge on any atom is -0.441 e. The van der Waals surface area contributed by atoms with Crippen LogP contribution in [0, 0.1) is 6.92 Å². The minimum atomic E-state index is -3.34. The maximum atomic E-state index is 11.7. The van der Waals surface area contributed by atoms with Crippen LogP contribution >= 0.6 is 0 Å². The van der Waals surface area contributed by atoms with Crippen molar-refractivity contribution in [1.29, 1.82) is 0 Å². The molecule has 0 saturated carbocycles. The quantitative estimate of drug-likeness (QED) is 0.910. The second kappa shape index (κ2) is 5.62. The molecule has 20 heavy (non-hydrogen) atoms. The molecule has 0 unspecified atom stereocenters. The molecule has 0 spiro atoms. The number of hydrogen-bond acceptors (Lipinski definition) is 5. The summed E-state index contributed by atoms with van der Waals surface area (Å²) in [6.07, 6.45) is 0.500. The van der Waals surface area contributed by atoms with Gasteiger partial charge in [0.25, 0.3) is 0 Å². The number of carbonyl (C=O) groups is 1. The minimum absolute atomic E-state index is 0.0158. The topological polar surface area (TPSA) is 89.3 Å². The van der Waals surface area contributed by atoms with Crippen molar-refractivity contribution < 1.29 is 17.6 Å². The van der Waals surface area contributed by atoms with Gasteiger partial charge in [-0.15, -0.1) is 0 Å². The predicted molar refractivity (Wildman–Crippen MR) is 76.3 cm³/mol. The smallest absolute Gasteiger partial charge is 0.239 e. The van der Waals surface area contributed by atoms with Crippen molar-refractivity contribution in [2.45, 2.75) is 20.3 Å². The summed E-state index contributed by atoms with van der Waals surface area (Å²) < 4.78 is 28.4. The van der Waals surface area contributed by atoms with Gasteiger partial charge in [0.2, 0.25) is 5.91 Å². The highest BCUT2D eigenvalue weighted by atomic mass is 32.2. The fraction of sp³-hybridized carbons (Fsp3) is 0.385. The Morgan fingerprint density at radius 3 is 2.85 bits per heavy atom. The van der Waals surface area contributed by atoms with Crippen LogP contribution in [0.5, 0.6) is 0 Å². The number of nitrogens with one attached hydrogen (secondary N) is 1. The molecule has 2 rings (SSSR count). The number of hydrogen-bond donors (Lipinski definition) is 1. The number of aryl methyl sites for hydroxylation is 1. The maximum Gasteiger partial charge on any atom is 0.239 e. The zero-order valence-corrected chi connectivity index (χ0v) is 12.2. The van der Waals surface area contributed by atoms with E-state index in [1.807, 2.05) is 0 Å². The van der Waals surface area contributed by atoms with Crippen LogP contribution in [-0.4, -0.2) is 30.8 Å². The molecule has 7 heteroatoms. The first-order chi connectivity index (χ1) is 9.39. The Bertz CT molecular complexity index is 734. The van der Waals surface area contributed by atoms with Crippen LogP contribution in [0.25, 0.3) is 11.1 Å². The Morgan fingerprint density at radius 1 is 1.40 bits per heavy atom. The molecule has 0 saturated heterocycles. The molecule has 1 aromatic heterocycles. The van der Waals surface area contributed by atoms with E-state index in [9.17, 15) is 13.2 Å². The van der Waals surface area contributed by atoms with Crippen LogP contribution in [-0.2, 0) is 14.6 Å². The zero-order chi connectivity index (χ0) is 14.8. The molecule has 0 aliphatic carbocycles. The Kier molecular flexibility index (Phi) is 4.08. The summed E-state index contributed by atoms with van der Waals surface area (Å²) in [5.41, 5.74) is 1.75. The lowest BCUT2D eigenvalue weighted by Gasteiger charge is -2.05. The summed E-state index contributed by atoms with van der Waals surface area (Å²) in [4.78, 5) is 15.9. The highest BCUT2D eigenvalue weighted by molar-refractivity contribution is 7.92. The Morgan fingerprint density at radius 2 is 2.15 bits per heavy atom. The molecule has 2 aromatic rings. The average Bonchev–Trinajstić information content (AvgIpc) is 2.67. The number of rotatable bonds is 5. The lowest BCUT2D eigenvalue weighted by Crippen LogP contribution is -2.24. The molecule has 0 aliphatic heterocycles. The summed E-state index contributed by atoms with van der Waals surface area (Å²) in [6, 6.07) is 4.99. The number of carbonyl (C=O) groups excluding carboxylic acids is 1. The molecule has 1 amide bonds. The number of nitrogens with zero attached hydrogens (tertiary/aromatic N) is 1. The van der Waals surface area contributed by atoms with Gasteiger partial charge in [0, 0.05) is 12.6 Å². The number of benzene rings is 1. The van der Waals surface area contributed by atoms with Crippen molar-refractivity contribution in [3.63, 3.8) is 0 Å². The summed E-state index contributed by atoms with van der Waals surface area (Å²) in [5.74, 6) is -0.495. The van der Waals surface area contributed by atoms with E-state index in [0.717, 1.165) is 0 Å². The molecular weight excluding hydrogens is 280 g/mol. The summed E-state index contributed by atoms with van der Waals surface area (Å²) >= 11 is 0. The molecule has 0 aliphatic rings. The van der Waals surface area contributed by atoms with Gasteiger partial charge < -0.3 is 9.73 Å². The summed E-state index contributed by atoms with van der Waals surface area (Å²) in [5, 5.41) is 2.56. The predicted octanol–water partition coefficient (Wildman–Crippen LogP) is 1.90. The normalized spacial score (nSPS) is 11.7. The van der Waals surface area contributed by atoms with Gasteiger partial charge in [-0.2, -0.15) is 0 Å². The van der Waals surface area contributed by atoms with Crippen LogP contribution in [0.4, 0.5) is 5.69 Å². The van der Waals surface area contributed by atoms with Crippen LogP contribution < -0.4 is 5.32 Å². The van der Waals surface area contributed by atoms with Crippen molar-refractivity contribution in [3.8, 4) is 0 Å². The molecule has 0 fully saturated rings. The Hall–Kier alpha value is -1.89. The maximum absolute atomic E-state index is 11.7. The molecule has 0 radical (unpaired) electrons. The van der Waals surface area contributed by atoms with Gasteiger partial charge in [-0.25, -0.2) is 13.4 Å². The van der Waals surface area contributed by atoms with Crippen LogP contribution in [0.15, 0.2) is 22.6 Å². The molecule has 1 aromatic carbocycles. The standard InChI is InChI=1S/C13H16N2O4S/c1-3-6-20(17,18)8-13(16)15-10-4-5-12-11(7-10)14-9(2)19-12/h4-5,7H,3,6,8H2,1-2H3,(H,15,16). The lowest BCUT2D eigenvalue weighted by molar-refractivity contribution is -0.113. The van der Waals surface area contributed by atoms with E-state index in [1.54, 1.807) is 32.0 Å². The SMILES string of the molecule is CCCS(=O)(=O)CC(=O)Nc1ccc2oc(C)nc2c1. The molecule has 1 heterocycles. The Balaban J connectivity index is 2.09. The molecular formula is C13H16N2O4S. The van der Waals surface area contributed by atoms with Crippen molar-refractivity contribution in [2.75, 3.05) is 16.8 Å². The highest BCUT2D eigenvalue weighted by Crippen LogP contribution is 2.19. The summed E-state index contributed by atoms with van der Waals surface area (Å²) in [6.45, 7) is 3.49. The first-order valence-corrected chi connectivity index (χ1v) is 8.09. The van der Waals surface area contributed by atoms with E-state index in [2.05, 4.69) is 10.3 Å². The second-order valence-electron chi connectivity index (χ2n) is 4.56. The third-order valence-electron chi connectivity index (χ3n) is 2.64. The highest BCUT2D eigenvalue weighted by Gasteiger charge is 2.16. The van der Waals surface area contributed by atoms with Gasteiger partial charge >= 0.3 is 0 Å². The van der Waals surface area contributed by atoms with Gasteiger partial charge in [-0.3, -0.25) is 4.79 Å². The van der Waals surface area contributed by atoms with Crippen molar-refractivity contribution in [3.05, 3.63) is 24.1 Å². The van der Waals surface area contributed by atoms with E-state index < -0.39 is 21.5 Å². The van der Waals surface area contributed by atoms with Crippen LogP contribution in [0.3, 0.4) is 0 Å². The number of sulfone groups is 1. The number of amides is 1. The molecule has 0 atom stereocenters. The fourth-order valence-corrected chi connectivity index (χ4v) is 3.14. The number of anilines is 1. The van der Waals surface area contributed by atoms with Gasteiger partial charge in [0.15, 0.2) is 21.3 Å². The Labute approximate surface area is 117 Å². The van der Waals surface area contributed by atoms with E-state index in [4.69, 9.17) is 4.42 Å². The lowest BCUT2D eigenvalue weighted by atomic mass is 10.3. The number of fused-ring (bicyclic) bond motifs is 1. The number of oxazole rings is 1. The average molecular weight is 296 g/mol. The van der Waals surface area contributed by atoms with Crippen LogP contribution in [0.2, 0.25) is 0 Å². The van der Waals surface area contributed by atoms with Gasteiger partial charge in [-0.1, -0.05) is 6.92 Å². The van der Waals surface area contributed by atoms with Gasteiger partial charge in [0.05, 0.1) is 5.75 Å². The first-order valence-electron chi connectivity index (χ1n) is 6.27. The zero-order valence-electron chi connectivity index (χ0n) is 11.3. The van der Waals surface area contributed by atoms with E-state index >= 15 is 0 Å². The molecule has 0 bridgehead atoms. The summed E-state index contributed by atoms with van der Waals surface area (Å²) in [7, 11) is -3.34. The van der Waals surface area contributed by atoms with E-state index in [-0.39, 0.29) is 5.75 Å². The molecule has 1 N–H and O–H groups in total. The molecule has 6 nitrogen and oxygen atoms in total. The largest absolute Gasteiger partial charge is 0.441 e. The first kappa shape index (κ1) is 14.5. The van der Waals surface area contributed by atoms with Crippen molar-refractivity contribution in [1.82, 2.24) is 4.98 Å². The number of aromatic nitrogens is 1. The van der Waals surface area contributed by atoms with E-state index in [1.165, 1.54) is 0 Å². The van der Waals surface area contributed by atoms with Crippen LogP contribution in [0.1, 0.15) is 19.2 Å².